The van der Waals surface area contributed by atoms with Crippen LogP contribution in [0.5, 0.6) is 0 Å². The molecule has 0 saturated carbocycles. The van der Waals surface area contributed by atoms with E-state index in [-0.39, 0.29) is 0 Å². The Bertz CT molecular complexity index is 524. The van der Waals surface area contributed by atoms with Crippen molar-refractivity contribution in [2.75, 3.05) is 12.3 Å². The lowest BCUT2D eigenvalue weighted by atomic mass is 10.2. The highest BCUT2D eigenvalue weighted by Gasteiger charge is 2.12. The number of hydrogen-bond acceptors (Lipinski definition) is 3. The summed E-state index contributed by atoms with van der Waals surface area (Å²) in [5.74, 6) is 1.05. The van der Waals surface area contributed by atoms with E-state index in [1.165, 1.54) is 19.8 Å². The molecule has 19 heavy (non-hydrogen) atoms. The molecule has 1 nitrogen and oxygen atoms in total. The first-order valence-corrected chi connectivity index (χ1v) is 9.02. The van der Waals surface area contributed by atoms with Crippen LogP contribution in [0, 0.1) is 6.92 Å². The van der Waals surface area contributed by atoms with Crippen molar-refractivity contribution in [1.29, 1.82) is 0 Å². The zero-order valence-corrected chi connectivity index (χ0v) is 14.4. The average Bonchev–Trinajstić information content (AvgIpc) is 2.83. The van der Waals surface area contributed by atoms with Gasteiger partial charge in [-0.1, -0.05) is 19.1 Å². The van der Waals surface area contributed by atoms with E-state index in [9.17, 15) is 0 Å². The predicted molar refractivity (Wildman–Crippen MR) is 90.3 cm³/mol. The Morgan fingerprint density at radius 3 is 2.79 bits per heavy atom. The fraction of sp³-hybridized carbons (Fsp3) is 0.333. The molecule has 2 aromatic rings. The number of aryl methyl sites for hydroxylation is 1. The average molecular weight is 356 g/mol. The molecule has 0 bridgehead atoms. The molecular formula is C15H18BrNS2. The largest absolute Gasteiger partial charge is 0.309 e. The minimum Gasteiger partial charge on any atom is -0.309 e. The Hall–Kier alpha value is -0.290. The molecule has 102 valence electrons. The molecule has 1 unspecified atom stereocenters. The molecule has 0 saturated heterocycles. The lowest BCUT2D eigenvalue weighted by Gasteiger charge is -2.16. The Balaban J connectivity index is 2.03. The maximum Gasteiger partial charge on any atom is 0.0423 e. The van der Waals surface area contributed by atoms with Crippen molar-refractivity contribution in [3.05, 3.63) is 50.6 Å². The molecule has 0 spiro atoms. The molecule has 1 aromatic heterocycles. The summed E-state index contributed by atoms with van der Waals surface area (Å²) in [6, 6.07) is 11.1. The van der Waals surface area contributed by atoms with Gasteiger partial charge in [0.15, 0.2) is 0 Å². The second-order valence-electron chi connectivity index (χ2n) is 4.34. The van der Waals surface area contributed by atoms with Crippen molar-refractivity contribution in [2.45, 2.75) is 24.8 Å². The van der Waals surface area contributed by atoms with Crippen LogP contribution in [0.15, 0.2) is 45.1 Å². The smallest absolute Gasteiger partial charge is 0.0423 e. The normalized spacial score (nSPS) is 12.6. The van der Waals surface area contributed by atoms with Crippen LogP contribution in [0.1, 0.15) is 23.4 Å². The number of hydrogen-bond donors (Lipinski definition) is 1. The third-order valence-corrected chi connectivity index (χ3v) is 5.85. The number of thiophene rings is 1. The van der Waals surface area contributed by atoms with Gasteiger partial charge < -0.3 is 5.32 Å². The van der Waals surface area contributed by atoms with Gasteiger partial charge in [0.05, 0.1) is 0 Å². The number of nitrogens with one attached hydrogen (secondary N) is 1. The van der Waals surface area contributed by atoms with Crippen LogP contribution in [-0.4, -0.2) is 12.3 Å². The topological polar surface area (TPSA) is 12.0 Å². The van der Waals surface area contributed by atoms with Gasteiger partial charge in [-0.15, -0.1) is 23.1 Å². The molecule has 1 heterocycles. The maximum atomic E-state index is 3.61. The van der Waals surface area contributed by atoms with Crippen LogP contribution >= 0.6 is 39.0 Å². The van der Waals surface area contributed by atoms with E-state index in [1.807, 2.05) is 23.1 Å². The molecule has 1 atom stereocenters. The van der Waals surface area contributed by atoms with Gasteiger partial charge in [0.25, 0.3) is 0 Å². The van der Waals surface area contributed by atoms with E-state index >= 15 is 0 Å². The molecular weight excluding hydrogens is 338 g/mol. The van der Waals surface area contributed by atoms with Crippen LogP contribution in [0.2, 0.25) is 0 Å². The highest BCUT2D eigenvalue weighted by atomic mass is 79.9. The first-order valence-electron chi connectivity index (χ1n) is 6.36. The van der Waals surface area contributed by atoms with Crippen LogP contribution in [0.3, 0.4) is 0 Å². The van der Waals surface area contributed by atoms with Crippen molar-refractivity contribution in [3.63, 3.8) is 0 Å². The second-order valence-corrected chi connectivity index (χ2v) is 7.37. The fourth-order valence-corrected chi connectivity index (χ4v) is 4.32. The van der Waals surface area contributed by atoms with Gasteiger partial charge in [0.1, 0.15) is 0 Å². The van der Waals surface area contributed by atoms with Gasteiger partial charge in [0.2, 0.25) is 0 Å². The minimum absolute atomic E-state index is 0.423. The number of rotatable bonds is 6. The van der Waals surface area contributed by atoms with Gasteiger partial charge in [0, 0.05) is 26.0 Å². The van der Waals surface area contributed by atoms with E-state index in [2.05, 4.69) is 70.8 Å². The zero-order chi connectivity index (χ0) is 13.7. The third-order valence-electron chi connectivity index (χ3n) is 2.85. The van der Waals surface area contributed by atoms with Gasteiger partial charge in [-0.2, -0.15) is 0 Å². The molecule has 1 N–H and O–H groups in total. The number of thioether (sulfide) groups is 1. The Labute approximate surface area is 131 Å². The SMILES string of the molecule is CCNC(CSc1ccccc1Br)c1csc(C)c1. The van der Waals surface area contributed by atoms with Crippen molar-refractivity contribution in [2.24, 2.45) is 0 Å². The van der Waals surface area contributed by atoms with Gasteiger partial charge >= 0.3 is 0 Å². The minimum atomic E-state index is 0.423. The second kappa shape index (κ2) is 7.48. The van der Waals surface area contributed by atoms with Gasteiger partial charge in [-0.25, -0.2) is 0 Å². The summed E-state index contributed by atoms with van der Waals surface area (Å²) in [6.07, 6.45) is 0. The quantitative estimate of drug-likeness (QED) is 0.709. The van der Waals surface area contributed by atoms with E-state index in [0.717, 1.165) is 12.3 Å². The van der Waals surface area contributed by atoms with E-state index in [1.54, 1.807) is 0 Å². The standard InChI is InChI=1S/C15H18BrNS2/c1-3-17-14(12-8-11(2)18-9-12)10-19-15-7-5-4-6-13(15)16/h4-9,14,17H,3,10H2,1-2H3. The molecule has 0 radical (unpaired) electrons. The Morgan fingerprint density at radius 2 is 2.16 bits per heavy atom. The molecule has 4 heteroatoms. The summed E-state index contributed by atoms with van der Waals surface area (Å²) in [4.78, 5) is 2.68. The predicted octanol–water partition coefficient (Wildman–Crippen LogP) is 5.26. The lowest BCUT2D eigenvalue weighted by Crippen LogP contribution is -2.22. The highest BCUT2D eigenvalue weighted by molar-refractivity contribution is 9.10. The third kappa shape index (κ3) is 4.35. The summed E-state index contributed by atoms with van der Waals surface area (Å²) in [7, 11) is 0. The summed E-state index contributed by atoms with van der Waals surface area (Å²) < 4.78 is 1.18. The molecule has 0 amide bonds. The monoisotopic (exact) mass is 355 g/mol. The van der Waals surface area contributed by atoms with Gasteiger partial charge in [-0.05, 0) is 58.5 Å². The first kappa shape index (κ1) is 15.1. The summed E-state index contributed by atoms with van der Waals surface area (Å²) in [6.45, 7) is 5.32. The molecule has 0 fully saturated rings. The number of halogens is 1. The summed E-state index contributed by atoms with van der Waals surface area (Å²) in [5.41, 5.74) is 1.41. The van der Waals surface area contributed by atoms with E-state index < -0.39 is 0 Å². The summed E-state index contributed by atoms with van der Waals surface area (Å²) in [5, 5.41) is 5.84. The molecule has 0 aliphatic carbocycles. The summed E-state index contributed by atoms with van der Waals surface area (Å²) >= 11 is 7.33. The molecule has 1 aromatic carbocycles. The van der Waals surface area contributed by atoms with Crippen LogP contribution in [0.25, 0.3) is 0 Å². The van der Waals surface area contributed by atoms with Crippen molar-refractivity contribution >= 4 is 39.0 Å². The van der Waals surface area contributed by atoms with E-state index in [4.69, 9.17) is 0 Å². The van der Waals surface area contributed by atoms with E-state index in [0.29, 0.717) is 6.04 Å². The fourth-order valence-electron chi connectivity index (χ4n) is 1.90. The van der Waals surface area contributed by atoms with Gasteiger partial charge in [-0.3, -0.25) is 0 Å². The van der Waals surface area contributed by atoms with Crippen molar-refractivity contribution < 1.29 is 0 Å². The van der Waals surface area contributed by atoms with Crippen molar-refractivity contribution in [3.8, 4) is 0 Å². The number of benzene rings is 1. The highest BCUT2D eigenvalue weighted by Crippen LogP contribution is 2.31. The maximum absolute atomic E-state index is 3.61. The molecule has 0 aliphatic rings. The van der Waals surface area contributed by atoms with Crippen molar-refractivity contribution in [1.82, 2.24) is 5.32 Å². The Kier molecular flexibility index (Phi) is 5.95. The zero-order valence-electron chi connectivity index (χ0n) is 11.2. The molecule has 0 aliphatic heterocycles. The first-order chi connectivity index (χ1) is 9.20. The van der Waals surface area contributed by atoms with Crippen LogP contribution in [0.4, 0.5) is 0 Å². The lowest BCUT2D eigenvalue weighted by molar-refractivity contribution is 0.607. The Morgan fingerprint density at radius 1 is 1.37 bits per heavy atom. The van der Waals surface area contributed by atoms with Crippen LogP contribution in [-0.2, 0) is 0 Å². The molecule has 2 rings (SSSR count). The van der Waals surface area contributed by atoms with Crippen LogP contribution < -0.4 is 5.32 Å².